The first kappa shape index (κ1) is 16.1. The van der Waals surface area contributed by atoms with Gasteiger partial charge in [-0.05, 0) is 41.0 Å². The van der Waals surface area contributed by atoms with Crippen molar-refractivity contribution in [1.82, 2.24) is 5.43 Å². The highest BCUT2D eigenvalue weighted by molar-refractivity contribution is 9.10. The fourth-order valence-electron chi connectivity index (χ4n) is 2.22. The number of hydrogen-bond acceptors (Lipinski definition) is 2. The number of nitrogens with one attached hydrogen (secondary N) is 1. The second-order valence-corrected chi connectivity index (χ2v) is 6.11. The van der Waals surface area contributed by atoms with E-state index in [0.29, 0.717) is 5.56 Å². The molecule has 0 bridgehead atoms. The van der Waals surface area contributed by atoms with E-state index in [4.69, 9.17) is 0 Å². The Labute approximate surface area is 149 Å². The Morgan fingerprint density at radius 3 is 2.12 bits per heavy atom. The molecule has 24 heavy (non-hydrogen) atoms. The van der Waals surface area contributed by atoms with Crippen molar-refractivity contribution in [2.24, 2.45) is 5.10 Å². The lowest BCUT2D eigenvalue weighted by Gasteiger charge is -2.03. The van der Waals surface area contributed by atoms with Crippen molar-refractivity contribution in [3.8, 4) is 11.1 Å². The van der Waals surface area contributed by atoms with Crippen molar-refractivity contribution < 1.29 is 4.79 Å². The zero-order valence-electron chi connectivity index (χ0n) is 12.8. The topological polar surface area (TPSA) is 41.5 Å². The standard InChI is InChI=1S/C20H15BrN2O/c21-19-12-6-15(7-13-19)14-22-23-20(24)18-10-8-17(9-11-18)16-4-2-1-3-5-16/h1-14H,(H,23,24). The molecule has 0 saturated heterocycles. The van der Waals surface area contributed by atoms with Gasteiger partial charge in [-0.2, -0.15) is 5.10 Å². The number of nitrogens with zero attached hydrogens (tertiary/aromatic N) is 1. The number of hydrazone groups is 1. The smallest absolute Gasteiger partial charge is 0.267 e. The van der Waals surface area contributed by atoms with E-state index < -0.39 is 0 Å². The molecular weight excluding hydrogens is 364 g/mol. The summed E-state index contributed by atoms with van der Waals surface area (Å²) in [5.74, 6) is -0.233. The van der Waals surface area contributed by atoms with Gasteiger partial charge in [0.15, 0.2) is 0 Å². The zero-order chi connectivity index (χ0) is 16.8. The van der Waals surface area contributed by atoms with Gasteiger partial charge in [0.05, 0.1) is 6.21 Å². The van der Waals surface area contributed by atoms with E-state index in [2.05, 4.69) is 26.5 Å². The highest BCUT2D eigenvalue weighted by Crippen LogP contribution is 2.19. The minimum absolute atomic E-state index is 0.233. The van der Waals surface area contributed by atoms with Crippen molar-refractivity contribution in [3.05, 3.63) is 94.5 Å². The third-order valence-corrected chi connectivity index (χ3v) is 4.03. The van der Waals surface area contributed by atoms with Crippen LogP contribution in [0.15, 0.2) is 88.4 Å². The van der Waals surface area contributed by atoms with Gasteiger partial charge >= 0.3 is 0 Å². The molecule has 1 amide bonds. The Morgan fingerprint density at radius 2 is 1.46 bits per heavy atom. The monoisotopic (exact) mass is 378 g/mol. The molecule has 0 aliphatic rings. The minimum atomic E-state index is -0.233. The predicted molar refractivity (Wildman–Crippen MR) is 101 cm³/mol. The average molecular weight is 379 g/mol. The number of amides is 1. The van der Waals surface area contributed by atoms with E-state index in [1.54, 1.807) is 18.3 Å². The molecule has 0 fully saturated rings. The van der Waals surface area contributed by atoms with E-state index >= 15 is 0 Å². The molecular formula is C20H15BrN2O. The molecule has 0 aliphatic carbocycles. The third-order valence-electron chi connectivity index (χ3n) is 3.50. The Morgan fingerprint density at radius 1 is 0.833 bits per heavy atom. The molecule has 0 aliphatic heterocycles. The van der Waals surface area contributed by atoms with Gasteiger partial charge in [0.25, 0.3) is 5.91 Å². The summed E-state index contributed by atoms with van der Waals surface area (Å²) < 4.78 is 1.00. The molecule has 0 aromatic heterocycles. The van der Waals surface area contributed by atoms with Gasteiger partial charge in [0.2, 0.25) is 0 Å². The maximum Gasteiger partial charge on any atom is 0.271 e. The van der Waals surface area contributed by atoms with E-state index in [9.17, 15) is 4.79 Å². The number of carbonyl (C=O) groups is 1. The van der Waals surface area contributed by atoms with Gasteiger partial charge in [0.1, 0.15) is 0 Å². The molecule has 0 radical (unpaired) electrons. The van der Waals surface area contributed by atoms with Gasteiger partial charge in [-0.25, -0.2) is 5.43 Å². The summed E-state index contributed by atoms with van der Waals surface area (Å²) in [4.78, 5) is 12.1. The average Bonchev–Trinajstić information content (AvgIpc) is 2.64. The van der Waals surface area contributed by atoms with Crippen molar-refractivity contribution >= 4 is 28.1 Å². The second-order valence-electron chi connectivity index (χ2n) is 5.19. The molecule has 0 heterocycles. The fourth-order valence-corrected chi connectivity index (χ4v) is 2.49. The number of benzene rings is 3. The van der Waals surface area contributed by atoms with E-state index in [1.807, 2.05) is 66.7 Å². The first-order valence-electron chi connectivity index (χ1n) is 7.47. The lowest BCUT2D eigenvalue weighted by molar-refractivity contribution is 0.0955. The molecule has 0 saturated carbocycles. The van der Waals surface area contributed by atoms with Crippen LogP contribution in [0.1, 0.15) is 15.9 Å². The molecule has 118 valence electrons. The summed E-state index contributed by atoms with van der Waals surface area (Å²) in [7, 11) is 0. The quantitative estimate of drug-likeness (QED) is 0.510. The van der Waals surface area contributed by atoms with Gasteiger partial charge in [-0.15, -0.1) is 0 Å². The summed E-state index contributed by atoms with van der Waals surface area (Å²) in [5.41, 5.74) is 6.22. The van der Waals surface area contributed by atoms with Crippen LogP contribution in [0.25, 0.3) is 11.1 Å². The largest absolute Gasteiger partial charge is 0.271 e. The molecule has 0 spiro atoms. The summed E-state index contributed by atoms with van der Waals surface area (Å²) in [6, 6.07) is 25.2. The maximum absolute atomic E-state index is 12.1. The van der Waals surface area contributed by atoms with Crippen molar-refractivity contribution in [3.63, 3.8) is 0 Å². The first-order chi connectivity index (χ1) is 11.7. The van der Waals surface area contributed by atoms with E-state index in [0.717, 1.165) is 21.2 Å². The van der Waals surface area contributed by atoms with Crippen molar-refractivity contribution in [1.29, 1.82) is 0 Å². The third kappa shape index (κ3) is 4.18. The Balaban J connectivity index is 1.64. The minimum Gasteiger partial charge on any atom is -0.267 e. The Kier molecular flexibility index (Phi) is 5.18. The van der Waals surface area contributed by atoms with Crippen LogP contribution in [0.2, 0.25) is 0 Å². The lowest BCUT2D eigenvalue weighted by Crippen LogP contribution is -2.17. The van der Waals surface area contributed by atoms with Crippen LogP contribution < -0.4 is 5.43 Å². The summed E-state index contributed by atoms with van der Waals surface area (Å²) in [6.07, 6.45) is 1.61. The van der Waals surface area contributed by atoms with Crippen LogP contribution in [0, 0.1) is 0 Å². The molecule has 3 aromatic rings. The summed E-state index contributed by atoms with van der Waals surface area (Å²) in [5, 5.41) is 3.99. The van der Waals surface area contributed by atoms with Crippen LogP contribution in [-0.4, -0.2) is 12.1 Å². The highest BCUT2D eigenvalue weighted by atomic mass is 79.9. The number of rotatable bonds is 4. The highest BCUT2D eigenvalue weighted by Gasteiger charge is 2.04. The van der Waals surface area contributed by atoms with Crippen LogP contribution in [0.3, 0.4) is 0 Å². The zero-order valence-corrected chi connectivity index (χ0v) is 14.4. The number of carbonyl (C=O) groups excluding carboxylic acids is 1. The molecule has 0 atom stereocenters. The maximum atomic E-state index is 12.1. The molecule has 3 aromatic carbocycles. The molecule has 3 nitrogen and oxygen atoms in total. The van der Waals surface area contributed by atoms with Crippen molar-refractivity contribution in [2.45, 2.75) is 0 Å². The SMILES string of the molecule is O=C(NN=Cc1ccc(Br)cc1)c1ccc(-c2ccccc2)cc1. The predicted octanol–water partition coefficient (Wildman–Crippen LogP) is 4.88. The van der Waals surface area contributed by atoms with Crippen LogP contribution in [0.4, 0.5) is 0 Å². The Bertz CT molecular complexity index is 841. The van der Waals surface area contributed by atoms with E-state index in [-0.39, 0.29) is 5.91 Å². The van der Waals surface area contributed by atoms with Gasteiger partial charge in [0, 0.05) is 10.0 Å². The fraction of sp³-hybridized carbons (Fsp3) is 0. The summed E-state index contributed by atoms with van der Waals surface area (Å²) in [6.45, 7) is 0. The molecule has 1 N–H and O–H groups in total. The second kappa shape index (κ2) is 7.70. The number of hydrogen-bond donors (Lipinski definition) is 1. The molecule has 4 heteroatoms. The van der Waals surface area contributed by atoms with Gasteiger partial charge in [-0.3, -0.25) is 4.79 Å². The van der Waals surface area contributed by atoms with Crippen molar-refractivity contribution in [2.75, 3.05) is 0 Å². The van der Waals surface area contributed by atoms with Crippen LogP contribution in [-0.2, 0) is 0 Å². The van der Waals surface area contributed by atoms with Crippen LogP contribution in [0.5, 0.6) is 0 Å². The van der Waals surface area contributed by atoms with E-state index in [1.165, 1.54) is 0 Å². The molecule has 0 unspecified atom stereocenters. The summed E-state index contributed by atoms with van der Waals surface area (Å²) >= 11 is 3.38. The normalized spacial score (nSPS) is 10.7. The lowest BCUT2D eigenvalue weighted by atomic mass is 10.0. The first-order valence-corrected chi connectivity index (χ1v) is 8.26. The Hall–Kier alpha value is -2.72. The van der Waals surface area contributed by atoms with Gasteiger partial charge in [-0.1, -0.05) is 70.5 Å². The van der Waals surface area contributed by atoms with Gasteiger partial charge < -0.3 is 0 Å². The molecule has 3 rings (SSSR count). The number of halogens is 1. The van der Waals surface area contributed by atoms with Crippen LogP contribution >= 0.6 is 15.9 Å².